The summed E-state index contributed by atoms with van der Waals surface area (Å²) in [4.78, 5) is 11.9. The first-order valence-electron chi connectivity index (χ1n) is 8.45. The molecule has 1 aliphatic carbocycles. The fraction of sp³-hybridized carbons (Fsp3) is 0.632. The SMILES string of the molecule is CC(C)(CNCc1ccc(C2CC2)cc1)NC(=O)OC(C)(C)C. The number of nitrogens with one attached hydrogen (secondary N) is 2. The largest absolute Gasteiger partial charge is 0.444 e. The molecule has 0 unspecified atom stereocenters. The molecule has 1 amide bonds. The zero-order valence-corrected chi connectivity index (χ0v) is 15.0. The van der Waals surface area contributed by atoms with E-state index in [0.717, 1.165) is 12.5 Å². The summed E-state index contributed by atoms with van der Waals surface area (Å²) in [7, 11) is 0. The first kappa shape index (κ1) is 17.8. The molecule has 2 rings (SSSR count). The maximum atomic E-state index is 11.9. The van der Waals surface area contributed by atoms with Gasteiger partial charge in [-0.25, -0.2) is 4.79 Å². The number of carbonyl (C=O) groups is 1. The molecule has 1 aliphatic rings. The van der Waals surface area contributed by atoms with Crippen molar-refractivity contribution in [3.8, 4) is 0 Å². The van der Waals surface area contributed by atoms with Gasteiger partial charge in [-0.15, -0.1) is 0 Å². The minimum Gasteiger partial charge on any atom is -0.444 e. The minimum atomic E-state index is -0.475. The van der Waals surface area contributed by atoms with E-state index in [0.29, 0.717) is 6.54 Å². The fourth-order valence-corrected chi connectivity index (χ4v) is 2.47. The monoisotopic (exact) mass is 318 g/mol. The van der Waals surface area contributed by atoms with Gasteiger partial charge >= 0.3 is 6.09 Å². The summed E-state index contributed by atoms with van der Waals surface area (Å²) < 4.78 is 5.30. The number of hydrogen-bond donors (Lipinski definition) is 2. The third-order valence-electron chi connectivity index (χ3n) is 3.76. The Kier molecular flexibility index (Phi) is 5.35. The van der Waals surface area contributed by atoms with Gasteiger partial charge in [0.25, 0.3) is 0 Å². The molecule has 4 heteroatoms. The molecule has 0 saturated heterocycles. The molecule has 2 N–H and O–H groups in total. The molecule has 1 fully saturated rings. The Balaban J connectivity index is 1.74. The van der Waals surface area contributed by atoms with E-state index in [1.807, 2.05) is 34.6 Å². The molecule has 0 bridgehead atoms. The van der Waals surface area contributed by atoms with Crippen LogP contribution in [-0.2, 0) is 11.3 Å². The van der Waals surface area contributed by atoms with Crippen LogP contribution in [-0.4, -0.2) is 23.8 Å². The predicted octanol–water partition coefficient (Wildman–Crippen LogP) is 3.96. The molecule has 1 saturated carbocycles. The lowest BCUT2D eigenvalue weighted by Gasteiger charge is -2.29. The van der Waals surface area contributed by atoms with Crippen molar-refractivity contribution in [3.05, 3.63) is 35.4 Å². The van der Waals surface area contributed by atoms with Crippen molar-refractivity contribution in [2.75, 3.05) is 6.54 Å². The van der Waals surface area contributed by atoms with Crippen LogP contribution >= 0.6 is 0 Å². The smallest absolute Gasteiger partial charge is 0.408 e. The highest BCUT2D eigenvalue weighted by Crippen LogP contribution is 2.39. The van der Waals surface area contributed by atoms with E-state index >= 15 is 0 Å². The summed E-state index contributed by atoms with van der Waals surface area (Å²) in [5.74, 6) is 0.800. The van der Waals surface area contributed by atoms with Crippen LogP contribution in [0.4, 0.5) is 4.79 Å². The number of amides is 1. The maximum absolute atomic E-state index is 11.9. The summed E-state index contributed by atoms with van der Waals surface area (Å²) in [6.07, 6.45) is 2.29. The summed E-state index contributed by atoms with van der Waals surface area (Å²) in [5.41, 5.74) is 1.89. The van der Waals surface area contributed by atoms with Crippen LogP contribution in [0.3, 0.4) is 0 Å². The lowest BCUT2D eigenvalue weighted by molar-refractivity contribution is 0.0472. The van der Waals surface area contributed by atoms with Crippen molar-refractivity contribution in [2.45, 2.75) is 71.1 Å². The normalized spacial score (nSPS) is 15.3. The van der Waals surface area contributed by atoms with Gasteiger partial charge < -0.3 is 15.4 Å². The quantitative estimate of drug-likeness (QED) is 0.835. The number of benzene rings is 1. The van der Waals surface area contributed by atoms with Gasteiger partial charge in [0.1, 0.15) is 5.60 Å². The first-order valence-corrected chi connectivity index (χ1v) is 8.45. The average Bonchev–Trinajstić information content (AvgIpc) is 3.20. The number of rotatable bonds is 6. The summed E-state index contributed by atoms with van der Waals surface area (Å²) in [5, 5.41) is 6.31. The van der Waals surface area contributed by atoms with Crippen molar-refractivity contribution in [2.24, 2.45) is 0 Å². The second-order valence-corrected chi connectivity index (χ2v) is 8.13. The van der Waals surface area contributed by atoms with Crippen LogP contribution in [0, 0.1) is 0 Å². The Morgan fingerprint density at radius 2 is 1.74 bits per heavy atom. The molecule has 128 valence electrons. The summed E-state index contributed by atoms with van der Waals surface area (Å²) >= 11 is 0. The van der Waals surface area contributed by atoms with Crippen LogP contribution < -0.4 is 10.6 Å². The van der Waals surface area contributed by atoms with Gasteiger partial charge in [-0.05, 0) is 64.5 Å². The van der Waals surface area contributed by atoms with Crippen molar-refractivity contribution in [1.29, 1.82) is 0 Å². The van der Waals surface area contributed by atoms with Gasteiger partial charge in [0.15, 0.2) is 0 Å². The van der Waals surface area contributed by atoms with Crippen molar-refractivity contribution in [3.63, 3.8) is 0 Å². The number of ether oxygens (including phenoxy) is 1. The maximum Gasteiger partial charge on any atom is 0.408 e. The molecule has 0 atom stereocenters. The van der Waals surface area contributed by atoms with Gasteiger partial charge in [-0.3, -0.25) is 0 Å². The van der Waals surface area contributed by atoms with Gasteiger partial charge in [0.2, 0.25) is 0 Å². The Bertz CT molecular complexity index is 525. The molecule has 23 heavy (non-hydrogen) atoms. The van der Waals surface area contributed by atoms with Crippen LogP contribution in [0.2, 0.25) is 0 Å². The van der Waals surface area contributed by atoms with Crippen LogP contribution in [0.25, 0.3) is 0 Å². The molecule has 0 heterocycles. The highest BCUT2D eigenvalue weighted by atomic mass is 16.6. The van der Waals surface area contributed by atoms with E-state index in [1.165, 1.54) is 24.0 Å². The molecule has 1 aromatic carbocycles. The van der Waals surface area contributed by atoms with Crippen molar-refractivity contribution < 1.29 is 9.53 Å². The van der Waals surface area contributed by atoms with Crippen LogP contribution in [0.1, 0.15) is 64.5 Å². The lowest BCUT2D eigenvalue weighted by Crippen LogP contribution is -2.51. The van der Waals surface area contributed by atoms with Crippen molar-refractivity contribution in [1.82, 2.24) is 10.6 Å². The Labute approximate surface area is 140 Å². The Morgan fingerprint density at radius 3 is 2.26 bits per heavy atom. The van der Waals surface area contributed by atoms with E-state index in [9.17, 15) is 4.79 Å². The van der Waals surface area contributed by atoms with Gasteiger partial charge in [0, 0.05) is 13.1 Å². The highest BCUT2D eigenvalue weighted by Gasteiger charge is 2.24. The second kappa shape index (κ2) is 6.91. The zero-order chi connectivity index (χ0) is 17.1. The van der Waals surface area contributed by atoms with E-state index in [1.54, 1.807) is 0 Å². The third-order valence-corrected chi connectivity index (χ3v) is 3.76. The fourth-order valence-electron chi connectivity index (χ4n) is 2.47. The number of hydrogen-bond acceptors (Lipinski definition) is 3. The van der Waals surface area contributed by atoms with E-state index in [-0.39, 0.29) is 11.6 Å². The zero-order valence-electron chi connectivity index (χ0n) is 15.0. The molecular weight excluding hydrogens is 288 g/mol. The lowest BCUT2D eigenvalue weighted by atomic mass is 10.1. The molecule has 1 aromatic rings. The van der Waals surface area contributed by atoms with Crippen LogP contribution in [0.15, 0.2) is 24.3 Å². The Hall–Kier alpha value is -1.55. The molecule has 4 nitrogen and oxygen atoms in total. The summed E-state index contributed by atoms with van der Waals surface area (Å²) in [6, 6.07) is 8.85. The third kappa shape index (κ3) is 6.61. The minimum absolute atomic E-state index is 0.365. The molecule has 0 radical (unpaired) electrons. The van der Waals surface area contributed by atoms with Gasteiger partial charge in [-0.2, -0.15) is 0 Å². The van der Waals surface area contributed by atoms with E-state index in [2.05, 4.69) is 34.9 Å². The first-order chi connectivity index (χ1) is 10.6. The number of carbonyl (C=O) groups excluding carboxylic acids is 1. The summed E-state index contributed by atoms with van der Waals surface area (Å²) in [6.45, 7) is 11.0. The molecule has 0 aromatic heterocycles. The Morgan fingerprint density at radius 1 is 1.13 bits per heavy atom. The molecular formula is C19H30N2O2. The number of alkyl carbamates (subject to hydrolysis) is 1. The molecule has 0 spiro atoms. The van der Waals surface area contributed by atoms with Crippen LogP contribution in [0.5, 0.6) is 0 Å². The molecule has 0 aliphatic heterocycles. The highest BCUT2D eigenvalue weighted by molar-refractivity contribution is 5.68. The topological polar surface area (TPSA) is 50.4 Å². The van der Waals surface area contributed by atoms with E-state index < -0.39 is 5.60 Å². The van der Waals surface area contributed by atoms with Gasteiger partial charge in [0.05, 0.1) is 5.54 Å². The van der Waals surface area contributed by atoms with E-state index in [4.69, 9.17) is 4.74 Å². The standard InChI is InChI=1S/C19H30N2O2/c1-18(2,3)23-17(22)21-19(4,5)13-20-12-14-6-8-15(9-7-14)16-10-11-16/h6-9,16,20H,10-13H2,1-5H3,(H,21,22). The van der Waals surface area contributed by atoms with Gasteiger partial charge in [-0.1, -0.05) is 24.3 Å². The van der Waals surface area contributed by atoms with Crippen molar-refractivity contribution >= 4 is 6.09 Å². The average molecular weight is 318 g/mol. The predicted molar refractivity (Wildman–Crippen MR) is 93.6 cm³/mol. The second-order valence-electron chi connectivity index (χ2n) is 8.13.